The van der Waals surface area contributed by atoms with Crippen molar-refractivity contribution in [3.05, 3.63) is 35.7 Å². The number of urea groups is 1. The highest BCUT2D eigenvalue weighted by Crippen LogP contribution is 2.24. The van der Waals surface area contributed by atoms with E-state index < -0.39 is 12.1 Å². The summed E-state index contributed by atoms with van der Waals surface area (Å²) >= 11 is 1.31. The van der Waals surface area contributed by atoms with Gasteiger partial charge in [0.25, 0.3) is 0 Å². The number of thiazole rings is 1. The molecule has 3 amide bonds. The third-order valence-electron chi connectivity index (χ3n) is 3.46. The van der Waals surface area contributed by atoms with Gasteiger partial charge in [-0.25, -0.2) is 9.78 Å². The van der Waals surface area contributed by atoms with E-state index in [1.165, 1.54) is 11.3 Å². The van der Waals surface area contributed by atoms with Gasteiger partial charge in [0.1, 0.15) is 12.6 Å². The Bertz CT molecular complexity index is 782. The minimum Gasteiger partial charge on any atom is -0.341 e. The average Bonchev–Trinajstić information content (AvgIpc) is 3.07. The molecule has 0 aliphatic rings. The first kappa shape index (κ1) is 19.4. The molecule has 1 aromatic carbocycles. The van der Waals surface area contributed by atoms with E-state index in [4.69, 9.17) is 5.26 Å². The van der Waals surface area contributed by atoms with Crippen molar-refractivity contribution in [3.63, 3.8) is 0 Å². The summed E-state index contributed by atoms with van der Waals surface area (Å²) in [6, 6.07) is 10.3. The van der Waals surface area contributed by atoms with Crippen molar-refractivity contribution >= 4 is 28.4 Å². The molecule has 7 nitrogen and oxygen atoms in total. The van der Waals surface area contributed by atoms with Crippen LogP contribution < -0.4 is 16.0 Å². The van der Waals surface area contributed by atoms with Crippen LogP contribution in [0.1, 0.15) is 20.3 Å². The highest BCUT2D eigenvalue weighted by Gasteiger charge is 2.22. The van der Waals surface area contributed by atoms with Crippen LogP contribution in [0.2, 0.25) is 0 Å². The molecule has 0 saturated heterocycles. The van der Waals surface area contributed by atoms with Gasteiger partial charge in [0, 0.05) is 10.9 Å². The van der Waals surface area contributed by atoms with Crippen LogP contribution in [-0.4, -0.2) is 29.5 Å². The standard InChI is InChI=1S/C18H21N5O2S/c1-12(2)10-14(16(24)20-9-8-19)21-17(25)23-18-22-15(11-26-18)13-6-4-3-5-7-13/h3-7,11-12,14H,9-10H2,1-2H3,(H,20,24)(H2,21,22,23,25). The SMILES string of the molecule is CC(C)CC(NC(=O)Nc1nc(-c2ccccc2)cs1)C(=O)NCC#N. The van der Waals surface area contributed by atoms with Gasteiger partial charge in [0.2, 0.25) is 5.91 Å². The molecule has 0 bridgehead atoms. The first-order valence-electron chi connectivity index (χ1n) is 8.22. The van der Waals surface area contributed by atoms with E-state index in [9.17, 15) is 9.59 Å². The molecule has 2 aromatic rings. The predicted molar refractivity (Wildman–Crippen MR) is 102 cm³/mol. The number of nitrogens with one attached hydrogen (secondary N) is 3. The van der Waals surface area contributed by atoms with Crippen LogP contribution >= 0.6 is 11.3 Å². The number of carbonyl (C=O) groups is 2. The highest BCUT2D eigenvalue weighted by atomic mass is 32.1. The summed E-state index contributed by atoms with van der Waals surface area (Å²) in [6.07, 6.45) is 0.470. The molecule has 26 heavy (non-hydrogen) atoms. The second kappa shape index (κ2) is 9.53. The number of carbonyl (C=O) groups excluding carboxylic acids is 2. The molecule has 0 spiro atoms. The van der Waals surface area contributed by atoms with Crippen LogP contribution in [0.3, 0.4) is 0 Å². The number of nitriles is 1. The van der Waals surface area contributed by atoms with Crippen molar-refractivity contribution in [2.75, 3.05) is 11.9 Å². The lowest BCUT2D eigenvalue weighted by Crippen LogP contribution is -2.48. The van der Waals surface area contributed by atoms with E-state index in [2.05, 4.69) is 20.9 Å². The molecule has 8 heteroatoms. The second-order valence-corrected chi connectivity index (χ2v) is 6.92. The van der Waals surface area contributed by atoms with Crippen molar-refractivity contribution in [2.45, 2.75) is 26.3 Å². The molecule has 3 N–H and O–H groups in total. The van der Waals surface area contributed by atoms with E-state index in [0.717, 1.165) is 11.3 Å². The minimum atomic E-state index is -0.711. The zero-order valence-corrected chi connectivity index (χ0v) is 15.5. The molecule has 0 aliphatic heterocycles. The Morgan fingerprint density at radius 3 is 2.65 bits per heavy atom. The van der Waals surface area contributed by atoms with Gasteiger partial charge in [-0.1, -0.05) is 44.2 Å². The van der Waals surface area contributed by atoms with E-state index >= 15 is 0 Å². The van der Waals surface area contributed by atoms with Gasteiger partial charge in [-0.05, 0) is 12.3 Å². The topological polar surface area (TPSA) is 107 Å². The molecule has 1 atom stereocenters. The summed E-state index contributed by atoms with van der Waals surface area (Å²) in [5.41, 5.74) is 1.74. The fraction of sp³-hybridized carbons (Fsp3) is 0.333. The fourth-order valence-corrected chi connectivity index (χ4v) is 3.03. The molecule has 0 saturated carbocycles. The maximum atomic E-state index is 12.2. The maximum Gasteiger partial charge on any atom is 0.321 e. The summed E-state index contributed by atoms with van der Waals surface area (Å²) in [5, 5.41) is 18.7. The monoisotopic (exact) mass is 371 g/mol. The average molecular weight is 371 g/mol. The largest absolute Gasteiger partial charge is 0.341 e. The summed E-state index contributed by atoms with van der Waals surface area (Å²) in [6.45, 7) is 3.82. The maximum absolute atomic E-state index is 12.2. The number of aromatic nitrogens is 1. The van der Waals surface area contributed by atoms with Gasteiger partial charge >= 0.3 is 6.03 Å². The summed E-state index contributed by atoms with van der Waals surface area (Å²) in [4.78, 5) is 28.7. The highest BCUT2D eigenvalue weighted by molar-refractivity contribution is 7.14. The first-order chi connectivity index (χ1) is 12.5. The predicted octanol–water partition coefficient (Wildman–Crippen LogP) is 2.99. The Balaban J connectivity index is 1.98. The third-order valence-corrected chi connectivity index (χ3v) is 4.22. The van der Waals surface area contributed by atoms with Crippen LogP contribution in [0.4, 0.5) is 9.93 Å². The van der Waals surface area contributed by atoms with Crippen LogP contribution in [0, 0.1) is 17.2 Å². The summed E-state index contributed by atoms with van der Waals surface area (Å²) in [5.74, 6) is -0.169. The van der Waals surface area contributed by atoms with Crippen molar-refractivity contribution in [1.29, 1.82) is 5.26 Å². The first-order valence-corrected chi connectivity index (χ1v) is 9.10. The molecule has 1 aromatic heterocycles. The van der Waals surface area contributed by atoms with Gasteiger partial charge in [-0.15, -0.1) is 11.3 Å². The third kappa shape index (κ3) is 5.86. The van der Waals surface area contributed by atoms with Crippen LogP contribution in [0.15, 0.2) is 35.7 Å². The molecule has 0 fully saturated rings. The smallest absolute Gasteiger partial charge is 0.321 e. The second-order valence-electron chi connectivity index (χ2n) is 6.06. The van der Waals surface area contributed by atoms with Gasteiger partial charge in [-0.3, -0.25) is 10.1 Å². The molecular weight excluding hydrogens is 350 g/mol. The van der Waals surface area contributed by atoms with E-state index in [1.54, 1.807) is 0 Å². The lowest BCUT2D eigenvalue weighted by molar-refractivity contribution is -0.123. The molecule has 0 aliphatic carbocycles. The van der Waals surface area contributed by atoms with E-state index in [0.29, 0.717) is 11.6 Å². The van der Waals surface area contributed by atoms with Crippen molar-refractivity contribution in [2.24, 2.45) is 5.92 Å². The minimum absolute atomic E-state index is 0.0936. The van der Waals surface area contributed by atoms with Gasteiger partial charge < -0.3 is 10.6 Å². The number of hydrogen-bond donors (Lipinski definition) is 3. The van der Waals surface area contributed by atoms with Crippen LogP contribution in [0.25, 0.3) is 11.3 Å². The van der Waals surface area contributed by atoms with Crippen LogP contribution in [-0.2, 0) is 4.79 Å². The van der Waals surface area contributed by atoms with Crippen molar-refractivity contribution in [1.82, 2.24) is 15.6 Å². The number of amides is 3. The molecular formula is C18H21N5O2S. The zero-order chi connectivity index (χ0) is 18.9. The molecule has 1 heterocycles. The van der Waals surface area contributed by atoms with Crippen molar-refractivity contribution in [3.8, 4) is 17.3 Å². The number of rotatable bonds is 7. The van der Waals surface area contributed by atoms with Gasteiger partial charge in [0.05, 0.1) is 11.8 Å². The summed E-state index contributed by atoms with van der Waals surface area (Å²) in [7, 11) is 0. The van der Waals surface area contributed by atoms with E-state index in [-0.39, 0.29) is 18.4 Å². The van der Waals surface area contributed by atoms with Gasteiger partial charge in [0.15, 0.2) is 5.13 Å². The molecule has 136 valence electrons. The number of anilines is 1. The van der Waals surface area contributed by atoms with Gasteiger partial charge in [-0.2, -0.15) is 5.26 Å². The van der Waals surface area contributed by atoms with E-state index in [1.807, 2.05) is 55.6 Å². The number of benzene rings is 1. The Morgan fingerprint density at radius 1 is 1.27 bits per heavy atom. The molecule has 0 radical (unpaired) electrons. The van der Waals surface area contributed by atoms with Crippen molar-refractivity contribution < 1.29 is 9.59 Å². The quantitative estimate of drug-likeness (QED) is 0.650. The Kier molecular flexibility index (Phi) is 7.12. The Hall–Kier alpha value is -2.92. The fourth-order valence-electron chi connectivity index (χ4n) is 2.32. The normalized spacial score (nSPS) is 11.5. The summed E-state index contributed by atoms with van der Waals surface area (Å²) < 4.78 is 0. The molecule has 1 unspecified atom stereocenters. The Morgan fingerprint density at radius 2 is 2.00 bits per heavy atom. The van der Waals surface area contributed by atoms with Crippen LogP contribution in [0.5, 0.6) is 0 Å². The number of hydrogen-bond acceptors (Lipinski definition) is 5. The molecule has 2 rings (SSSR count). The number of nitrogens with zero attached hydrogens (tertiary/aromatic N) is 2. The lowest BCUT2D eigenvalue weighted by atomic mass is 10.0. The Labute approximate surface area is 156 Å². The lowest BCUT2D eigenvalue weighted by Gasteiger charge is -2.19. The zero-order valence-electron chi connectivity index (χ0n) is 14.7.